The van der Waals surface area contributed by atoms with E-state index in [1.165, 1.54) is 6.26 Å². The first-order valence-electron chi connectivity index (χ1n) is 7.49. The van der Waals surface area contributed by atoms with Crippen molar-refractivity contribution in [3.8, 4) is 11.5 Å². The quantitative estimate of drug-likeness (QED) is 0.743. The second-order valence-electron chi connectivity index (χ2n) is 5.49. The Balaban J connectivity index is 1.98. The van der Waals surface area contributed by atoms with E-state index in [2.05, 4.69) is 0 Å². The number of benzene rings is 2. The van der Waals surface area contributed by atoms with Gasteiger partial charge in [0.05, 0.1) is 12.9 Å². The van der Waals surface area contributed by atoms with Crippen molar-refractivity contribution in [3.05, 3.63) is 59.7 Å². The van der Waals surface area contributed by atoms with Crippen LogP contribution in [0, 0.1) is 0 Å². The second-order valence-corrected chi connectivity index (χ2v) is 7.75. The van der Waals surface area contributed by atoms with Crippen molar-refractivity contribution in [2.45, 2.75) is 19.4 Å². The van der Waals surface area contributed by atoms with E-state index >= 15 is 0 Å². The lowest BCUT2D eigenvalue weighted by atomic mass is 10.1. The fraction of sp³-hybridized carbons (Fsp3) is 0.333. The summed E-state index contributed by atoms with van der Waals surface area (Å²) in [6.45, 7) is 0.477. The Kier molecular flexibility index (Phi) is 6.04. The minimum atomic E-state index is -2.91. The van der Waals surface area contributed by atoms with Crippen molar-refractivity contribution in [1.29, 1.82) is 0 Å². The average Bonchev–Trinajstić information content (AvgIpc) is 2.53. The Labute approximate surface area is 138 Å². The normalized spacial score (nSPS) is 11.2. The molecule has 5 heteroatoms. The molecule has 0 aliphatic carbocycles. The summed E-state index contributed by atoms with van der Waals surface area (Å²) < 4.78 is 33.5. The molecule has 0 radical (unpaired) electrons. The van der Waals surface area contributed by atoms with Crippen LogP contribution in [0.4, 0.5) is 0 Å². The second kappa shape index (κ2) is 8.02. The maximum atomic E-state index is 11.2. The fourth-order valence-electron chi connectivity index (χ4n) is 2.26. The number of ether oxygens (including phenoxy) is 2. The largest absolute Gasteiger partial charge is 0.493 e. The van der Waals surface area contributed by atoms with Gasteiger partial charge < -0.3 is 9.47 Å². The van der Waals surface area contributed by atoms with E-state index in [0.717, 1.165) is 11.1 Å². The molecule has 0 aliphatic heterocycles. The van der Waals surface area contributed by atoms with E-state index in [0.29, 0.717) is 30.9 Å². The molecule has 0 amide bonds. The van der Waals surface area contributed by atoms with Crippen LogP contribution in [0.15, 0.2) is 48.5 Å². The number of methoxy groups -OCH3 is 1. The molecule has 124 valence electrons. The highest BCUT2D eigenvalue weighted by atomic mass is 32.2. The minimum absolute atomic E-state index is 0.196. The van der Waals surface area contributed by atoms with Gasteiger partial charge in [0.25, 0.3) is 0 Å². The molecule has 0 N–H and O–H groups in total. The van der Waals surface area contributed by atoms with Crippen molar-refractivity contribution in [1.82, 2.24) is 0 Å². The van der Waals surface area contributed by atoms with Crippen LogP contribution in [0.3, 0.4) is 0 Å². The van der Waals surface area contributed by atoms with Crippen LogP contribution in [-0.4, -0.2) is 27.5 Å². The molecule has 2 aromatic carbocycles. The Morgan fingerprint density at radius 3 is 2.35 bits per heavy atom. The topological polar surface area (TPSA) is 52.6 Å². The van der Waals surface area contributed by atoms with Gasteiger partial charge in [0.1, 0.15) is 16.4 Å². The van der Waals surface area contributed by atoms with Gasteiger partial charge in [0.2, 0.25) is 0 Å². The Morgan fingerprint density at radius 2 is 1.70 bits per heavy atom. The monoisotopic (exact) mass is 334 g/mol. The SMILES string of the molecule is COc1cc(CCCS(C)(=O)=O)ccc1OCc1ccccc1. The molecule has 0 aliphatic rings. The molecule has 0 unspecified atom stereocenters. The molecule has 0 bridgehead atoms. The Bertz CT molecular complexity index is 724. The van der Waals surface area contributed by atoms with E-state index in [9.17, 15) is 8.42 Å². The molecule has 0 heterocycles. The van der Waals surface area contributed by atoms with Crippen LogP contribution in [0.5, 0.6) is 11.5 Å². The van der Waals surface area contributed by atoms with Gasteiger partial charge in [-0.25, -0.2) is 8.42 Å². The first-order valence-corrected chi connectivity index (χ1v) is 9.55. The lowest BCUT2D eigenvalue weighted by molar-refractivity contribution is 0.284. The third-order valence-electron chi connectivity index (χ3n) is 3.45. The van der Waals surface area contributed by atoms with Crippen LogP contribution in [0.1, 0.15) is 17.5 Å². The van der Waals surface area contributed by atoms with E-state index in [1.54, 1.807) is 7.11 Å². The van der Waals surface area contributed by atoms with Gasteiger partial charge >= 0.3 is 0 Å². The summed E-state index contributed by atoms with van der Waals surface area (Å²) in [6, 6.07) is 15.7. The maximum absolute atomic E-state index is 11.2. The molecule has 4 nitrogen and oxygen atoms in total. The van der Waals surface area contributed by atoms with Gasteiger partial charge in [-0.15, -0.1) is 0 Å². The molecule has 0 fully saturated rings. The van der Waals surface area contributed by atoms with Crippen molar-refractivity contribution < 1.29 is 17.9 Å². The highest BCUT2D eigenvalue weighted by molar-refractivity contribution is 7.90. The van der Waals surface area contributed by atoms with Gasteiger partial charge in [-0.05, 0) is 36.1 Å². The van der Waals surface area contributed by atoms with E-state index in [-0.39, 0.29) is 5.75 Å². The molecule has 0 saturated carbocycles. The number of aryl methyl sites for hydroxylation is 1. The van der Waals surface area contributed by atoms with Crippen molar-refractivity contribution in [2.24, 2.45) is 0 Å². The Morgan fingerprint density at radius 1 is 0.957 bits per heavy atom. The third kappa shape index (κ3) is 5.94. The molecule has 2 aromatic rings. The van der Waals surface area contributed by atoms with Crippen LogP contribution in [0.2, 0.25) is 0 Å². The molecule has 0 atom stereocenters. The summed E-state index contributed by atoms with van der Waals surface area (Å²) in [5, 5.41) is 0. The number of hydrogen-bond acceptors (Lipinski definition) is 4. The number of rotatable bonds is 8. The molecule has 2 rings (SSSR count). The van der Waals surface area contributed by atoms with Crippen LogP contribution >= 0.6 is 0 Å². The van der Waals surface area contributed by atoms with E-state index in [1.807, 2.05) is 48.5 Å². The minimum Gasteiger partial charge on any atom is -0.493 e. The van der Waals surface area contributed by atoms with E-state index in [4.69, 9.17) is 9.47 Å². The standard InChI is InChI=1S/C18H22O4S/c1-21-18-13-15(9-6-12-23(2,19)20)10-11-17(18)22-14-16-7-4-3-5-8-16/h3-5,7-8,10-11,13H,6,9,12,14H2,1-2H3. The molecular weight excluding hydrogens is 312 g/mol. The zero-order valence-corrected chi connectivity index (χ0v) is 14.3. The summed E-state index contributed by atoms with van der Waals surface area (Å²) in [5.74, 6) is 1.54. The summed E-state index contributed by atoms with van der Waals surface area (Å²) in [5.41, 5.74) is 2.13. The highest BCUT2D eigenvalue weighted by Gasteiger charge is 2.08. The number of sulfone groups is 1. The smallest absolute Gasteiger partial charge is 0.161 e. The third-order valence-corrected chi connectivity index (χ3v) is 4.48. The molecule has 23 heavy (non-hydrogen) atoms. The van der Waals surface area contributed by atoms with E-state index < -0.39 is 9.84 Å². The van der Waals surface area contributed by atoms with Gasteiger partial charge in [-0.2, -0.15) is 0 Å². The fourth-order valence-corrected chi connectivity index (χ4v) is 2.93. The summed E-state index contributed by atoms with van der Waals surface area (Å²) in [7, 11) is -1.31. The van der Waals surface area contributed by atoms with Crippen LogP contribution in [0.25, 0.3) is 0 Å². The predicted octanol–water partition coefficient (Wildman–Crippen LogP) is 3.25. The lowest BCUT2D eigenvalue weighted by Gasteiger charge is -2.12. The zero-order valence-electron chi connectivity index (χ0n) is 13.5. The summed E-state index contributed by atoms with van der Waals surface area (Å²) in [6.07, 6.45) is 2.56. The number of hydrogen-bond donors (Lipinski definition) is 0. The van der Waals surface area contributed by atoms with Gasteiger partial charge in [-0.1, -0.05) is 36.4 Å². The average molecular weight is 334 g/mol. The van der Waals surface area contributed by atoms with Gasteiger partial charge in [0.15, 0.2) is 11.5 Å². The molecule has 0 aromatic heterocycles. The first kappa shape index (κ1) is 17.3. The zero-order chi connectivity index (χ0) is 16.7. The van der Waals surface area contributed by atoms with Gasteiger partial charge in [-0.3, -0.25) is 0 Å². The Hall–Kier alpha value is -2.01. The maximum Gasteiger partial charge on any atom is 0.161 e. The first-order chi connectivity index (χ1) is 11.0. The predicted molar refractivity (Wildman–Crippen MR) is 91.8 cm³/mol. The van der Waals surface area contributed by atoms with Crippen molar-refractivity contribution in [2.75, 3.05) is 19.1 Å². The molecule has 0 spiro atoms. The molecular formula is C18H22O4S. The van der Waals surface area contributed by atoms with Crippen LogP contribution < -0.4 is 9.47 Å². The summed E-state index contributed by atoms with van der Waals surface area (Å²) >= 11 is 0. The highest BCUT2D eigenvalue weighted by Crippen LogP contribution is 2.29. The summed E-state index contributed by atoms with van der Waals surface area (Å²) in [4.78, 5) is 0. The molecule has 0 saturated heterocycles. The van der Waals surface area contributed by atoms with Crippen LogP contribution in [-0.2, 0) is 22.9 Å². The lowest BCUT2D eigenvalue weighted by Crippen LogP contribution is -2.04. The van der Waals surface area contributed by atoms with Crippen molar-refractivity contribution in [3.63, 3.8) is 0 Å². The van der Waals surface area contributed by atoms with Crippen molar-refractivity contribution >= 4 is 9.84 Å². The van der Waals surface area contributed by atoms with Gasteiger partial charge in [0, 0.05) is 6.26 Å².